The predicted molar refractivity (Wildman–Crippen MR) is 101 cm³/mol. The zero-order chi connectivity index (χ0) is 16.4. The molecule has 0 aliphatic heterocycles. The molecule has 4 rings (SSSR count). The summed E-state index contributed by atoms with van der Waals surface area (Å²) < 4.78 is 2.47. The molecule has 0 bridgehead atoms. The third kappa shape index (κ3) is 2.58. The number of pyridine rings is 1. The topological polar surface area (TPSA) is 17.8 Å². The Hall–Kier alpha value is -2.61. The van der Waals surface area contributed by atoms with Gasteiger partial charge in [0.1, 0.15) is 0 Å². The molecule has 0 aliphatic carbocycles. The lowest BCUT2D eigenvalue weighted by molar-refractivity contribution is 0.662. The molecule has 0 radical (unpaired) electrons. The first kappa shape index (κ1) is 14.9. The lowest BCUT2D eigenvalue weighted by atomic mass is 10.1. The smallest absolute Gasteiger partial charge is 0.0714 e. The van der Waals surface area contributed by atoms with E-state index in [4.69, 9.17) is 4.98 Å². The van der Waals surface area contributed by atoms with Crippen molar-refractivity contribution in [2.75, 3.05) is 0 Å². The van der Waals surface area contributed by atoms with Crippen molar-refractivity contribution < 1.29 is 0 Å². The summed E-state index contributed by atoms with van der Waals surface area (Å²) in [6, 6.07) is 21.5. The van der Waals surface area contributed by atoms with E-state index in [0.29, 0.717) is 0 Å². The summed E-state index contributed by atoms with van der Waals surface area (Å²) in [4.78, 5) is 4.75. The SMILES string of the molecule is CCCCn1c2ccccc2c2ccnc(Cc3ccccc3)c21. The molecule has 24 heavy (non-hydrogen) atoms. The van der Waals surface area contributed by atoms with Gasteiger partial charge in [0.15, 0.2) is 0 Å². The van der Waals surface area contributed by atoms with Crippen molar-refractivity contribution >= 4 is 21.8 Å². The van der Waals surface area contributed by atoms with E-state index in [1.165, 1.54) is 45.9 Å². The third-order valence-corrected chi connectivity index (χ3v) is 4.70. The van der Waals surface area contributed by atoms with Crippen molar-refractivity contribution in [2.24, 2.45) is 0 Å². The van der Waals surface area contributed by atoms with Gasteiger partial charge < -0.3 is 4.57 Å². The fraction of sp³-hybridized carbons (Fsp3) is 0.227. The lowest BCUT2D eigenvalue weighted by Gasteiger charge is -2.10. The summed E-state index contributed by atoms with van der Waals surface area (Å²) in [5.41, 5.74) is 5.11. The number of aryl methyl sites for hydroxylation is 1. The van der Waals surface area contributed by atoms with E-state index in [1.54, 1.807) is 0 Å². The molecule has 0 atom stereocenters. The van der Waals surface area contributed by atoms with Crippen molar-refractivity contribution in [3.63, 3.8) is 0 Å². The van der Waals surface area contributed by atoms with Gasteiger partial charge >= 0.3 is 0 Å². The monoisotopic (exact) mass is 314 g/mol. The fourth-order valence-electron chi connectivity index (χ4n) is 3.54. The summed E-state index contributed by atoms with van der Waals surface area (Å²) in [6.07, 6.45) is 5.22. The Labute approximate surface area is 142 Å². The van der Waals surface area contributed by atoms with E-state index in [9.17, 15) is 0 Å². The predicted octanol–water partition coefficient (Wildman–Crippen LogP) is 5.58. The van der Waals surface area contributed by atoms with Crippen LogP contribution >= 0.6 is 0 Å². The van der Waals surface area contributed by atoms with Crippen molar-refractivity contribution in [3.05, 3.63) is 78.1 Å². The second-order valence-electron chi connectivity index (χ2n) is 6.34. The maximum absolute atomic E-state index is 4.75. The van der Waals surface area contributed by atoms with Crippen molar-refractivity contribution in [3.8, 4) is 0 Å². The molecule has 2 aromatic carbocycles. The molecule has 0 saturated carbocycles. The summed E-state index contributed by atoms with van der Waals surface area (Å²) >= 11 is 0. The molecule has 2 aromatic heterocycles. The first-order valence-electron chi connectivity index (χ1n) is 8.77. The number of hydrogen-bond acceptors (Lipinski definition) is 1. The zero-order valence-corrected chi connectivity index (χ0v) is 14.1. The Bertz CT molecular complexity index is 967. The Balaban J connectivity index is 1.94. The molecule has 2 heterocycles. The van der Waals surface area contributed by atoms with Crippen LogP contribution in [0.15, 0.2) is 66.9 Å². The van der Waals surface area contributed by atoms with Crippen LogP contribution in [0.5, 0.6) is 0 Å². The van der Waals surface area contributed by atoms with E-state index in [2.05, 4.69) is 72.2 Å². The van der Waals surface area contributed by atoms with Crippen LogP contribution in [-0.2, 0) is 13.0 Å². The molecule has 2 heteroatoms. The van der Waals surface area contributed by atoms with Crippen LogP contribution in [0, 0.1) is 0 Å². The Morgan fingerprint density at radius 2 is 1.67 bits per heavy atom. The molecule has 0 fully saturated rings. The van der Waals surface area contributed by atoms with Crippen LogP contribution in [0.4, 0.5) is 0 Å². The van der Waals surface area contributed by atoms with Crippen LogP contribution in [0.2, 0.25) is 0 Å². The van der Waals surface area contributed by atoms with Crippen molar-refractivity contribution in [1.29, 1.82) is 0 Å². The number of unbranched alkanes of at least 4 members (excludes halogenated alkanes) is 1. The highest BCUT2D eigenvalue weighted by Gasteiger charge is 2.14. The largest absolute Gasteiger partial charge is 0.339 e. The van der Waals surface area contributed by atoms with Gasteiger partial charge in [0, 0.05) is 35.5 Å². The van der Waals surface area contributed by atoms with Gasteiger partial charge in [0.05, 0.1) is 11.2 Å². The Kier molecular flexibility index (Phi) is 4.04. The van der Waals surface area contributed by atoms with Crippen LogP contribution in [0.1, 0.15) is 31.0 Å². The highest BCUT2D eigenvalue weighted by atomic mass is 15.0. The second-order valence-corrected chi connectivity index (χ2v) is 6.34. The molecule has 0 aliphatic rings. The zero-order valence-electron chi connectivity index (χ0n) is 14.1. The standard InChI is InChI=1S/C22H22N2/c1-2-3-15-24-21-12-8-7-11-18(21)19-13-14-23-20(22(19)24)16-17-9-5-4-6-10-17/h4-14H,2-3,15-16H2,1H3. The Morgan fingerprint density at radius 3 is 2.50 bits per heavy atom. The van der Waals surface area contributed by atoms with Gasteiger partial charge in [-0.1, -0.05) is 61.9 Å². The Morgan fingerprint density at radius 1 is 0.875 bits per heavy atom. The molecule has 0 saturated heterocycles. The van der Waals surface area contributed by atoms with E-state index in [1.807, 2.05) is 6.20 Å². The van der Waals surface area contributed by atoms with Gasteiger partial charge in [0.25, 0.3) is 0 Å². The van der Waals surface area contributed by atoms with Crippen LogP contribution < -0.4 is 0 Å². The highest BCUT2D eigenvalue weighted by molar-refractivity contribution is 6.08. The van der Waals surface area contributed by atoms with E-state index >= 15 is 0 Å². The van der Waals surface area contributed by atoms with E-state index < -0.39 is 0 Å². The molecule has 4 aromatic rings. The van der Waals surface area contributed by atoms with Gasteiger partial charge in [-0.05, 0) is 24.1 Å². The summed E-state index contributed by atoms with van der Waals surface area (Å²) in [5.74, 6) is 0. The number of nitrogens with zero attached hydrogens (tertiary/aromatic N) is 2. The van der Waals surface area contributed by atoms with Gasteiger partial charge in [-0.25, -0.2) is 0 Å². The number of rotatable bonds is 5. The number of benzene rings is 2. The molecular weight excluding hydrogens is 292 g/mol. The number of aromatic nitrogens is 2. The van der Waals surface area contributed by atoms with Gasteiger partial charge in [-0.2, -0.15) is 0 Å². The van der Waals surface area contributed by atoms with Crippen LogP contribution in [0.3, 0.4) is 0 Å². The number of para-hydroxylation sites is 1. The first-order valence-corrected chi connectivity index (χ1v) is 8.77. The molecule has 0 amide bonds. The molecule has 2 nitrogen and oxygen atoms in total. The maximum atomic E-state index is 4.75. The van der Waals surface area contributed by atoms with E-state index in [-0.39, 0.29) is 0 Å². The average molecular weight is 314 g/mol. The lowest BCUT2D eigenvalue weighted by Crippen LogP contribution is -2.02. The van der Waals surface area contributed by atoms with Crippen LogP contribution in [-0.4, -0.2) is 9.55 Å². The minimum atomic E-state index is 0.876. The van der Waals surface area contributed by atoms with Gasteiger partial charge in [-0.3, -0.25) is 4.98 Å². The average Bonchev–Trinajstić information content (AvgIpc) is 2.96. The maximum Gasteiger partial charge on any atom is 0.0714 e. The molecule has 0 spiro atoms. The quantitative estimate of drug-likeness (QED) is 0.470. The second kappa shape index (κ2) is 6.48. The third-order valence-electron chi connectivity index (χ3n) is 4.70. The number of hydrogen-bond donors (Lipinski definition) is 0. The minimum Gasteiger partial charge on any atom is -0.339 e. The van der Waals surface area contributed by atoms with Crippen molar-refractivity contribution in [1.82, 2.24) is 9.55 Å². The fourth-order valence-corrected chi connectivity index (χ4v) is 3.54. The minimum absolute atomic E-state index is 0.876. The number of fused-ring (bicyclic) bond motifs is 3. The van der Waals surface area contributed by atoms with E-state index in [0.717, 1.165) is 13.0 Å². The first-order chi connectivity index (χ1) is 11.9. The van der Waals surface area contributed by atoms with Gasteiger partial charge in [-0.15, -0.1) is 0 Å². The molecular formula is C22H22N2. The highest BCUT2D eigenvalue weighted by Crippen LogP contribution is 2.31. The molecule has 0 N–H and O–H groups in total. The summed E-state index contributed by atoms with van der Waals surface area (Å²) in [5, 5.41) is 2.66. The normalized spacial score (nSPS) is 11.4. The summed E-state index contributed by atoms with van der Waals surface area (Å²) in [7, 11) is 0. The van der Waals surface area contributed by atoms with Gasteiger partial charge in [0.2, 0.25) is 0 Å². The molecule has 0 unspecified atom stereocenters. The molecule has 120 valence electrons. The summed E-state index contributed by atoms with van der Waals surface area (Å²) in [6.45, 7) is 3.30. The van der Waals surface area contributed by atoms with Crippen molar-refractivity contribution in [2.45, 2.75) is 32.7 Å². The van der Waals surface area contributed by atoms with Crippen LogP contribution in [0.25, 0.3) is 21.8 Å².